The number of aliphatic carboxylic acids is 1. The Kier molecular flexibility index (Phi) is 6.86. The van der Waals surface area contributed by atoms with Gasteiger partial charge in [0.1, 0.15) is 6.29 Å². The highest BCUT2D eigenvalue weighted by atomic mass is 16.4. The third-order valence-corrected chi connectivity index (χ3v) is 3.31. The zero-order chi connectivity index (χ0) is 14.1. The molecule has 0 radical (unpaired) electrons. The first kappa shape index (κ1) is 15.4. The van der Waals surface area contributed by atoms with Crippen molar-refractivity contribution in [2.45, 2.75) is 51.4 Å². The van der Waals surface area contributed by atoms with E-state index in [1.165, 1.54) is 5.56 Å². The summed E-state index contributed by atoms with van der Waals surface area (Å²) < 4.78 is 0. The van der Waals surface area contributed by atoms with Crippen LogP contribution in [0, 0.1) is 0 Å². The van der Waals surface area contributed by atoms with Crippen LogP contribution in [0.2, 0.25) is 0 Å². The molecule has 0 aliphatic carbocycles. The molecule has 0 fully saturated rings. The molecule has 0 bridgehead atoms. The zero-order valence-corrected chi connectivity index (χ0v) is 11.5. The van der Waals surface area contributed by atoms with E-state index in [4.69, 9.17) is 0 Å². The van der Waals surface area contributed by atoms with Gasteiger partial charge in [-0.05, 0) is 36.8 Å². The highest BCUT2D eigenvalue weighted by molar-refractivity contribution is 5.76. The monoisotopic (exact) mass is 262 g/mol. The first-order chi connectivity index (χ1) is 9.19. The van der Waals surface area contributed by atoms with Gasteiger partial charge in [0, 0.05) is 6.42 Å². The van der Waals surface area contributed by atoms with Gasteiger partial charge in [-0.3, -0.25) is 4.79 Å². The van der Waals surface area contributed by atoms with Gasteiger partial charge in [-0.15, -0.1) is 0 Å². The topological polar surface area (TPSA) is 54.4 Å². The van der Waals surface area contributed by atoms with Crippen LogP contribution in [0.25, 0.3) is 0 Å². The Morgan fingerprint density at radius 1 is 1.26 bits per heavy atom. The van der Waals surface area contributed by atoms with Crippen LogP contribution in [0.5, 0.6) is 0 Å². The predicted molar refractivity (Wildman–Crippen MR) is 75.3 cm³/mol. The van der Waals surface area contributed by atoms with Crippen LogP contribution < -0.4 is 0 Å². The van der Waals surface area contributed by atoms with Crippen molar-refractivity contribution in [3.63, 3.8) is 0 Å². The molecule has 1 aromatic rings. The lowest BCUT2D eigenvalue weighted by atomic mass is 9.92. The van der Waals surface area contributed by atoms with Crippen LogP contribution >= 0.6 is 0 Å². The standard InChI is InChI=1S/C16H22O3/c1-2-3-6-13-8-10-14(11-9-13)15(16(18)19)7-4-5-12-17/h8-12,15H,2-7H2,1H3,(H,18,19). The van der Waals surface area contributed by atoms with Gasteiger partial charge in [-0.2, -0.15) is 0 Å². The summed E-state index contributed by atoms with van der Waals surface area (Å²) in [6, 6.07) is 7.84. The minimum atomic E-state index is -0.813. The van der Waals surface area contributed by atoms with Crippen molar-refractivity contribution in [3.8, 4) is 0 Å². The summed E-state index contributed by atoms with van der Waals surface area (Å²) in [5.74, 6) is -1.31. The highest BCUT2D eigenvalue weighted by Gasteiger charge is 2.18. The maximum Gasteiger partial charge on any atom is 0.310 e. The van der Waals surface area contributed by atoms with Gasteiger partial charge in [0.05, 0.1) is 5.92 Å². The van der Waals surface area contributed by atoms with E-state index in [9.17, 15) is 14.7 Å². The smallest absolute Gasteiger partial charge is 0.310 e. The molecule has 3 nitrogen and oxygen atoms in total. The van der Waals surface area contributed by atoms with Crippen LogP contribution in [0.4, 0.5) is 0 Å². The number of aryl methyl sites for hydroxylation is 1. The summed E-state index contributed by atoms with van der Waals surface area (Å²) in [4.78, 5) is 21.6. The second-order valence-electron chi connectivity index (χ2n) is 4.83. The summed E-state index contributed by atoms with van der Waals surface area (Å²) in [5.41, 5.74) is 2.08. The number of aldehydes is 1. The molecular weight excluding hydrogens is 240 g/mol. The Morgan fingerprint density at radius 2 is 1.95 bits per heavy atom. The third-order valence-electron chi connectivity index (χ3n) is 3.31. The molecule has 0 amide bonds. The summed E-state index contributed by atoms with van der Waals surface area (Å²) in [7, 11) is 0. The van der Waals surface area contributed by atoms with Gasteiger partial charge < -0.3 is 9.90 Å². The number of hydrogen-bond donors (Lipinski definition) is 1. The van der Waals surface area contributed by atoms with E-state index in [1.807, 2.05) is 24.3 Å². The van der Waals surface area contributed by atoms with Crippen LogP contribution in [0.15, 0.2) is 24.3 Å². The van der Waals surface area contributed by atoms with Gasteiger partial charge in [-0.1, -0.05) is 37.6 Å². The van der Waals surface area contributed by atoms with Gasteiger partial charge in [0.15, 0.2) is 0 Å². The maximum atomic E-state index is 11.3. The number of carboxylic acids is 1. The second-order valence-corrected chi connectivity index (χ2v) is 4.83. The molecule has 0 aliphatic rings. The van der Waals surface area contributed by atoms with Crippen molar-refractivity contribution in [1.82, 2.24) is 0 Å². The number of carbonyl (C=O) groups is 2. The molecule has 0 heterocycles. The molecule has 0 aromatic heterocycles. The van der Waals surface area contributed by atoms with Crippen molar-refractivity contribution in [2.75, 3.05) is 0 Å². The number of rotatable bonds is 9. The van der Waals surface area contributed by atoms with Crippen molar-refractivity contribution in [3.05, 3.63) is 35.4 Å². The van der Waals surface area contributed by atoms with E-state index in [2.05, 4.69) is 6.92 Å². The minimum Gasteiger partial charge on any atom is -0.481 e. The lowest BCUT2D eigenvalue weighted by Crippen LogP contribution is -2.11. The summed E-state index contributed by atoms with van der Waals surface area (Å²) in [6.45, 7) is 2.15. The highest BCUT2D eigenvalue weighted by Crippen LogP contribution is 2.23. The van der Waals surface area contributed by atoms with Crippen molar-refractivity contribution in [1.29, 1.82) is 0 Å². The van der Waals surface area contributed by atoms with Crippen LogP contribution in [0.3, 0.4) is 0 Å². The fraction of sp³-hybridized carbons (Fsp3) is 0.500. The summed E-state index contributed by atoms with van der Waals surface area (Å²) in [6.07, 6.45) is 5.76. The van der Waals surface area contributed by atoms with E-state index in [-0.39, 0.29) is 0 Å². The molecule has 1 rings (SSSR count). The Balaban J connectivity index is 2.68. The molecule has 0 aliphatic heterocycles. The number of carboxylic acid groups (broad SMARTS) is 1. The molecule has 0 spiro atoms. The average Bonchev–Trinajstić information content (AvgIpc) is 2.42. The Bertz CT molecular complexity index is 395. The number of benzene rings is 1. The largest absolute Gasteiger partial charge is 0.481 e. The van der Waals surface area contributed by atoms with Crippen molar-refractivity contribution in [2.24, 2.45) is 0 Å². The quantitative estimate of drug-likeness (QED) is 0.547. The normalized spacial score (nSPS) is 12.1. The molecule has 1 unspecified atom stereocenters. The first-order valence-corrected chi connectivity index (χ1v) is 6.94. The van der Waals surface area contributed by atoms with E-state index in [0.717, 1.165) is 31.1 Å². The molecule has 1 atom stereocenters. The van der Waals surface area contributed by atoms with Crippen molar-refractivity contribution < 1.29 is 14.7 Å². The van der Waals surface area contributed by atoms with E-state index in [0.29, 0.717) is 19.3 Å². The first-order valence-electron chi connectivity index (χ1n) is 6.94. The van der Waals surface area contributed by atoms with Crippen LogP contribution in [0.1, 0.15) is 56.1 Å². The van der Waals surface area contributed by atoms with E-state index in [1.54, 1.807) is 0 Å². The Hall–Kier alpha value is -1.64. The molecule has 0 saturated carbocycles. The van der Waals surface area contributed by atoms with Crippen LogP contribution in [-0.4, -0.2) is 17.4 Å². The Labute approximate surface area is 114 Å². The average molecular weight is 262 g/mol. The maximum absolute atomic E-state index is 11.3. The molecule has 0 saturated heterocycles. The molecule has 104 valence electrons. The van der Waals surface area contributed by atoms with Gasteiger partial charge in [0.25, 0.3) is 0 Å². The predicted octanol–water partition coefficient (Wildman–Crippen LogP) is 3.57. The minimum absolute atomic E-state index is 0.429. The number of unbranched alkanes of at least 4 members (excludes halogenated alkanes) is 2. The molecule has 3 heteroatoms. The lowest BCUT2D eigenvalue weighted by molar-refractivity contribution is -0.139. The summed E-state index contributed by atoms with van der Waals surface area (Å²) >= 11 is 0. The molecule has 1 aromatic carbocycles. The molecule has 19 heavy (non-hydrogen) atoms. The number of carbonyl (C=O) groups excluding carboxylic acids is 1. The van der Waals surface area contributed by atoms with Gasteiger partial charge in [0.2, 0.25) is 0 Å². The SMILES string of the molecule is CCCCc1ccc(C(CCCC=O)C(=O)O)cc1. The molecule has 1 N–H and O–H groups in total. The third kappa shape index (κ3) is 5.25. The van der Waals surface area contributed by atoms with Gasteiger partial charge in [-0.25, -0.2) is 0 Å². The second kappa shape index (κ2) is 8.46. The van der Waals surface area contributed by atoms with E-state index < -0.39 is 11.9 Å². The van der Waals surface area contributed by atoms with Crippen LogP contribution in [-0.2, 0) is 16.0 Å². The summed E-state index contributed by atoms with van der Waals surface area (Å²) in [5, 5.41) is 9.25. The van der Waals surface area contributed by atoms with Gasteiger partial charge >= 0.3 is 5.97 Å². The van der Waals surface area contributed by atoms with E-state index >= 15 is 0 Å². The molecular formula is C16H22O3. The number of hydrogen-bond acceptors (Lipinski definition) is 2. The van der Waals surface area contributed by atoms with Crippen molar-refractivity contribution >= 4 is 12.3 Å². The lowest BCUT2D eigenvalue weighted by Gasteiger charge is -2.12. The fourth-order valence-corrected chi connectivity index (χ4v) is 2.14. The Morgan fingerprint density at radius 3 is 2.47 bits per heavy atom. The zero-order valence-electron chi connectivity index (χ0n) is 11.5. The fourth-order valence-electron chi connectivity index (χ4n) is 2.14.